The molecule has 0 unspecified atom stereocenters. The minimum Gasteiger partial charge on any atom is -0.356 e. The summed E-state index contributed by atoms with van der Waals surface area (Å²) < 4.78 is 23.0. The van der Waals surface area contributed by atoms with Gasteiger partial charge in [-0.2, -0.15) is 0 Å². The van der Waals surface area contributed by atoms with Gasteiger partial charge in [-0.1, -0.05) is 13.8 Å². The molecule has 2 aromatic heterocycles. The number of aromatic amines is 1. The third-order valence-electron chi connectivity index (χ3n) is 5.07. The van der Waals surface area contributed by atoms with Gasteiger partial charge in [0.25, 0.3) is 0 Å². The van der Waals surface area contributed by atoms with E-state index in [4.69, 9.17) is 5.14 Å². The highest BCUT2D eigenvalue weighted by Crippen LogP contribution is 2.43. The Morgan fingerprint density at radius 1 is 1.07 bits per heavy atom. The molecule has 4 N–H and O–H groups in total. The van der Waals surface area contributed by atoms with Gasteiger partial charge in [-0.25, -0.2) is 13.6 Å². The topological polar surface area (TPSA) is 118 Å². The monoisotopic (exact) mass is 410 g/mol. The molecular formula is C21H22N4O3S. The van der Waals surface area contributed by atoms with Gasteiger partial charge in [-0.05, 0) is 48.2 Å². The number of carbonyl (C=O) groups is 1. The number of pyridine rings is 1. The van der Waals surface area contributed by atoms with Crippen molar-refractivity contribution in [2.45, 2.75) is 31.6 Å². The molecule has 1 aliphatic rings. The molecule has 0 radical (unpaired) electrons. The Hall–Kier alpha value is -2.97. The van der Waals surface area contributed by atoms with Gasteiger partial charge in [-0.3, -0.25) is 9.78 Å². The number of hydrogen-bond acceptors (Lipinski definition) is 5. The van der Waals surface area contributed by atoms with Crippen molar-refractivity contribution in [1.29, 1.82) is 0 Å². The summed E-state index contributed by atoms with van der Waals surface area (Å²) in [6, 6.07) is 9.89. The van der Waals surface area contributed by atoms with Gasteiger partial charge in [0.1, 0.15) is 0 Å². The van der Waals surface area contributed by atoms with E-state index < -0.39 is 10.0 Å². The first kappa shape index (κ1) is 19.4. The Balaban J connectivity index is 1.81. The summed E-state index contributed by atoms with van der Waals surface area (Å²) in [6.07, 6.45) is 4.63. The second-order valence-corrected chi connectivity index (χ2v) is 9.66. The van der Waals surface area contributed by atoms with Crippen LogP contribution in [0.5, 0.6) is 0 Å². The number of nitrogens with two attached hydrogens (primary N) is 1. The van der Waals surface area contributed by atoms with Crippen molar-refractivity contribution in [1.82, 2.24) is 9.97 Å². The number of sulfonamides is 1. The first-order chi connectivity index (χ1) is 13.6. The van der Waals surface area contributed by atoms with Crippen LogP contribution in [0.25, 0.3) is 11.3 Å². The van der Waals surface area contributed by atoms with Crippen molar-refractivity contribution in [3.05, 3.63) is 60.0 Å². The second kappa shape index (κ2) is 6.82. The molecule has 0 spiro atoms. The number of nitrogens with zero attached hydrogens (tertiary/aromatic N) is 1. The van der Waals surface area contributed by atoms with Crippen molar-refractivity contribution in [3.63, 3.8) is 0 Å². The highest BCUT2D eigenvalue weighted by molar-refractivity contribution is 7.89. The largest absolute Gasteiger partial charge is 0.356 e. The SMILES string of the molecule is CC1(C)CC(=O)c2c([nH]c(-c3ccncc3)c2Nc2ccc(S(N)(=O)=O)cc2)C1. The minimum absolute atomic E-state index is 0.0336. The van der Waals surface area contributed by atoms with Crippen LogP contribution in [0.15, 0.2) is 53.7 Å². The highest BCUT2D eigenvalue weighted by atomic mass is 32.2. The Labute approximate surface area is 169 Å². The lowest BCUT2D eigenvalue weighted by molar-refractivity contribution is 0.0912. The van der Waals surface area contributed by atoms with E-state index in [0.29, 0.717) is 23.4 Å². The molecule has 150 valence electrons. The summed E-state index contributed by atoms with van der Waals surface area (Å²) in [4.78, 5) is 20.5. The number of Topliss-reactive ketones (excluding diaryl/α,β-unsaturated/α-hetero) is 1. The number of H-pyrrole nitrogens is 1. The minimum atomic E-state index is -3.76. The Morgan fingerprint density at radius 2 is 1.72 bits per heavy atom. The molecule has 29 heavy (non-hydrogen) atoms. The summed E-state index contributed by atoms with van der Waals surface area (Å²) in [5.74, 6) is 0.0801. The van der Waals surface area contributed by atoms with E-state index in [0.717, 1.165) is 23.4 Å². The molecule has 2 heterocycles. The maximum Gasteiger partial charge on any atom is 0.238 e. The average Bonchev–Trinajstić information content (AvgIpc) is 2.99. The lowest BCUT2D eigenvalue weighted by Gasteiger charge is -2.28. The van der Waals surface area contributed by atoms with Gasteiger partial charge in [0.2, 0.25) is 10.0 Å². The Morgan fingerprint density at radius 3 is 2.34 bits per heavy atom. The fraction of sp³-hybridized carbons (Fsp3) is 0.238. The molecule has 0 saturated heterocycles. The molecule has 3 aromatic rings. The maximum absolute atomic E-state index is 13.0. The number of primary sulfonamides is 1. The zero-order valence-electron chi connectivity index (χ0n) is 16.2. The summed E-state index contributed by atoms with van der Waals surface area (Å²) in [5, 5.41) is 8.48. The first-order valence-electron chi connectivity index (χ1n) is 9.22. The number of benzene rings is 1. The average molecular weight is 410 g/mol. The Bertz CT molecular complexity index is 1180. The fourth-order valence-corrected chi connectivity index (χ4v) is 4.30. The van der Waals surface area contributed by atoms with E-state index in [9.17, 15) is 13.2 Å². The number of aromatic nitrogens is 2. The van der Waals surface area contributed by atoms with E-state index in [-0.39, 0.29) is 16.1 Å². The van der Waals surface area contributed by atoms with Crippen LogP contribution in [0.1, 0.15) is 36.3 Å². The normalized spacial score (nSPS) is 15.8. The number of hydrogen-bond donors (Lipinski definition) is 3. The number of nitrogens with one attached hydrogen (secondary N) is 2. The van der Waals surface area contributed by atoms with E-state index in [1.165, 1.54) is 12.1 Å². The van der Waals surface area contributed by atoms with Gasteiger partial charge < -0.3 is 10.3 Å². The second-order valence-electron chi connectivity index (χ2n) is 8.10. The van der Waals surface area contributed by atoms with Crippen LogP contribution in [0, 0.1) is 5.41 Å². The van der Waals surface area contributed by atoms with Gasteiger partial charge in [0, 0.05) is 35.8 Å². The van der Waals surface area contributed by atoms with Crippen molar-refractivity contribution < 1.29 is 13.2 Å². The van der Waals surface area contributed by atoms with Crippen LogP contribution in [0.2, 0.25) is 0 Å². The highest BCUT2D eigenvalue weighted by Gasteiger charge is 2.35. The lowest BCUT2D eigenvalue weighted by Crippen LogP contribution is -2.26. The van der Waals surface area contributed by atoms with Crippen molar-refractivity contribution in [2.75, 3.05) is 5.32 Å². The maximum atomic E-state index is 13.0. The fourth-order valence-electron chi connectivity index (χ4n) is 3.79. The first-order valence-corrected chi connectivity index (χ1v) is 10.8. The molecule has 0 bridgehead atoms. The predicted molar refractivity (Wildman–Crippen MR) is 112 cm³/mol. The van der Waals surface area contributed by atoms with Crippen LogP contribution in [-0.2, 0) is 16.4 Å². The van der Waals surface area contributed by atoms with Crippen molar-refractivity contribution >= 4 is 27.2 Å². The summed E-state index contributed by atoms with van der Waals surface area (Å²) >= 11 is 0. The lowest BCUT2D eigenvalue weighted by atomic mass is 9.76. The number of ketones is 1. The standard InChI is InChI=1S/C21H22N4O3S/c1-21(2)11-16-18(17(26)12-21)20(19(25-16)13-7-9-23-10-8-13)24-14-3-5-15(6-4-14)29(22,27)28/h3-10,24-25H,11-12H2,1-2H3,(H2,22,27,28). The van der Waals surface area contributed by atoms with E-state index in [1.807, 2.05) is 12.1 Å². The van der Waals surface area contributed by atoms with Crippen LogP contribution >= 0.6 is 0 Å². The number of anilines is 2. The van der Waals surface area contributed by atoms with E-state index in [2.05, 4.69) is 29.1 Å². The molecule has 0 atom stereocenters. The number of rotatable bonds is 4. The molecule has 0 saturated carbocycles. The van der Waals surface area contributed by atoms with Gasteiger partial charge in [0.15, 0.2) is 5.78 Å². The summed E-state index contributed by atoms with van der Waals surface area (Å²) in [5.41, 5.74) is 4.51. The molecule has 0 amide bonds. The molecule has 1 aliphatic carbocycles. The molecule has 4 rings (SSSR count). The van der Waals surface area contributed by atoms with Crippen LogP contribution < -0.4 is 10.5 Å². The molecule has 0 aliphatic heterocycles. The van der Waals surface area contributed by atoms with E-state index >= 15 is 0 Å². The predicted octanol–water partition coefficient (Wildman–Crippen LogP) is 3.62. The van der Waals surface area contributed by atoms with Crippen LogP contribution in [0.3, 0.4) is 0 Å². The Kier molecular flexibility index (Phi) is 4.55. The molecule has 7 nitrogen and oxygen atoms in total. The quantitative estimate of drug-likeness (QED) is 0.607. The van der Waals surface area contributed by atoms with Gasteiger partial charge in [0.05, 0.1) is 21.8 Å². The van der Waals surface area contributed by atoms with Crippen molar-refractivity contribution in [2.24, 2.45) is 10.6 Å². The molecule has 8 heteroatoms. The van der Waals surface area contributed by atoms with E-state index in [1.54, 1.807) is 24.5 Å². The zero-order valence-corrected chi connectivity index (χ0v) is 17.0. The number of carbonyl (C=O) groups excluding carboxylic acids is 1. The number of fused-ring (bicyclic) bond motifs is 1. The third-order valence-corrected chi connectivity index (χ3v) is 6.00. The molecular weight excluding hydrogens is 388 g/mol. The summed E-state index contributed by atoms with van der Waals surface area (Å²) in [7, 11) is -3.76. The van der Waals surface area contributed by atoms with Gasteiger partial charge in [-0.15, -0.1) is 0 Å². The summed E-state index contributed by atoms with van der Waals surface area (Å²) in [6.45, 7) is 4.17. The van der Waals surface area contributed by atoms with Gasteiger partial charge >= 0.3 is 0 Å². The van der Waals surface area contributed by atoms with Crippen LogP contribution in [0.4, 0.5) is 11.4 Å². The zero-order chi connectivity index (χ0) is 20.8. The van der Waals surface area contributed by atoms with Crippen LogP contribution in [-0.4, -0.2) is 24.2 Å². The third kappa shape index (κ3) is 3.81. The smallest absolute Gasteiger partial charge is 0.238 e. The molecule has 1 aromatic carbocycles. The molecule has 0 fully saturated rings. The van der Waals surface area contributed by atoms with Crippen molar-refractivity contribution in [3.8, 4) is 11.3 Å².